The molecule has 0 aliphatic heterocycles. The van der Waals surface area contributed by atoms with E-state index in [1.54, 1.807) is 18.2 Å². The summed E-state index contributed by atoms with van der Waals surface area (Å²) < 4.78 is 20.2. The molecule has 2 unspecified atom stereocenters. The fourth-order valence-corrected chi connectivity index (χ4v) is 2.34. The molecule has 0 saturated carbocycles. The van der Waals surface area contributed by atoms with Crippen molar-refractivity contribution in [3.05, 3.63) is 23.8 Å². The van der Waals surface area contributed by atoms with Crippen LogP contribution >= 0.6 is 15.9 Å². The van der Waals surface area contributed by atoms with E-state index in [1.165, 1.54) is 28.3 Å². The van der Waals surface area contributed by atoms with Gasteiger partial charge in [-0.2, -0.15) is 0 Å². The molecule has 21 heavy (non-hydrogen) atoms. The van der Waals surface area contributed by atoms with Gasteiger partial charge in [0.1, 0.15) is 0 Å². The highest BCUT2D eigenvalue weighted by molar-refractivity contribution is 9.10. The van der Waals surface area contributed by atoms with Crippen LogP contribution in [0, 0.1) is 0 Å². The Kier molecular flexibility index (Phi) is 6.48. The molecule has 0 radical (unpaired) electrons. The molecule has 1 aromatic rings. The van der Waals surface area contributed by atoms with Crippen LogP contribution in [0.2, 0.25) is 0 Å². The van der Waals surface area contributed by atoms with Crippen LogP contribution in [-0.4, -0.2) is 38.1 Å². The minimum Gasteiger partial charge on any atom is -0.493 e. The molecule has 0 saturated heterocycles. The largest absolute Gasteiger partial charge is 0.493 e. The van der Waals surface area contributed by atoms with Crippen molar-refractivity contribution in [3.8, 4) is 11.5 Å². The monoisotopic (exact) mass is 360 g/mol. The fraction of sp³-hybridized carbons (Fsp3) is 0.429. The standard InChI is InChI=1S/C14H17BrO6/c1-8(16)21-13(12(15)14(17)20-4)9-5-6-10(18-2)11(7-9)19-3/h5-7,12-13H,1-4H3. The van der Waals surface area contributed by atoms with Crippen molar-refractivity contribution in [2.45, 2.75) is 17.9 Å². The average Bonchev–Trinajstić information content (AvgIpc) is 2.50. The summed E-state index contributed by atoms with van der Waals surface area (Å²) in [7, 11) is 4.27. The fourth-order valence-electron chi connectivity index (χ4n) is 1.74. The highest BCUT2D eigenvalue weighted by Crippen LogP contribution is 2.34. The minimum atomic E-state index is -0.838. The first kappa shape index (κ1) is 17.3. The van der Waals surface area contributed by atoms with Gasteiger partial charge in [0.05, 0.1) is 21.3 Å². The number of hydrogen-bond acceptors (Lipinski definition) is 6. The van der Waals surface area contributed by atoms with Crippen LogP contribution in [0.4, 0.5) is 0 Å². The summed E-state index contributed by atoms with van der Waals surface area (Å²) in [4.78, 5) is 22.1. The number of rotatable bonds is 6. The Morgan fingerprint density at radius 3 is 2.19 bits per heavy atom. The van der Waals surface area contributed by atoms with Crippen molar-refractivity contribution < 1.29 is 28.5 Å². The van der Waals surface area contributed by atoms with E-state index in [2.05, 4.69) is 20.7 Å². The number of carbonyl (C=O) groups excluding carboxylic acids is 2. The molecule has 0 aliphatic rings. The molecule has 1 rings (SSSR count). The van der Waals surface area contributed by atoms with E-state index in [4.69, 9.17) is 14.2 Å². The summed E-state index contributed by atoms with van der Waals surface area (Å²) in [5.41, 5.74) is 0.579. The van der Waals surface area contributed by atoms with Gasteiger partial charge in [-0.05, 0) is 17.7 Å². The first-order chi connectivity index (χ1) is 9.94. The molecule has 0 N–H and O–H groups in total. The van der Waals surface area contributed by atoms with Crippen LogP contribution in [0.15, 0.2) is 18.2 Å². The Hall–Kier alpha value is -1.76. The quantitative estimate of drug-likeness (QED) is 0.572. The number of hydrogen-bond donors (Lipinski definition) is 0. The molecular formula is C14H17BrO6. The summed E-state index contributed by atoms with van der Waals surface area (Å²) >= 11 is 3.19. The van der Waals surface area contributed by atoms with Crippen molar-refractivity contribution in [2.75, 3.05) is 21.3 Å². The van der Waals surface area contributed by atoms with Crippen LogP contribution in [-0.2, 0) is 19.1 Å². The maximum Gasteiger partial charge on any atom is 0.323 e. The Bertz CT molecular complexity index is 516. The minimum absolute atomic E-state index is 0.469. The van der Waals surface area contributed by atoms with E-state index >= 15 is 0 Å². The SMILES string of the molecule is COC(=O)C(Br)C(OC(C)=O)c1ccc(OC)c(OC)c1. The van der Waals surface area contributed by atoms with Gasteiger partial charge in [-0.1, -0.05) is 22.0 Å². The van der Waals surface area contributed by atoms with Crippen LogP contribution in [0.1, 0.15) is 18.6 Å². The molecule has 2 atom stereocenters. The molecule has 0 heterocycles. The van der Waals surface area contributed by atoms with E-state index in [1.807, 2.05) is 0 Å². The van der Waals surface area contributed by atoms with E-state index in [9.17, 15) is 9.59 Å². The first-order valence-electron chi connectivity index (χ1n) is 6.05. The number of alkyl halides is 1. The van der Waals surface area contributed by atoms with Crippen molar-refractivity contribution in [3.63, 3.8) is 0 Å². The molecule has 0 bridgehead atoms. The van der Waals surface area contributed by atoms with Gasteiger partial charge in [0.2, 0.25) is 0 Å². The van der Waals surface area contributed by atoms with Gasteiger partial charge >= 0.3 is 11.9 Å². The summed E-state index contributed by atoms with van der Waals surface area (Å²) in [6, 6.07) is 5.00. The van der Waals surface area contributed by atoms with Crippen molar-refractivity contribution in [1.29, 1.82) is 0 Å². The summed E-state index contributed by atoms with van der Waals surface area (Å²) in [5, 5.41) is 0. The van der Waals surface area contributed by atoms with Gasteiger partial charge in [-0.3, -0.25) is 9.59 Å². The molecule has 0 fully saturated rings. The Balaban J connectivity index is 3.19. The second kappa shape index (κ2) is 7.87. The Labute approximate surface area is 131 Å². The second-order valence-electron chi connectivity index (χ2n) is 4.07. The summed E-state index contributed by atoms with van der Waals surface area (Å²) in [6.45, 7) is 1.27. The predicted molar refractivity (Wildman–Crippen MR) is 78.8 cm³/mol. The molecule has 116 valence electrons. The van der Waals surface area contributed by atoms with Gasteiger partial charge in [-0.15, -0.1) is 0 Å². The lowest BCUT2D eigenvalue weighted by molar-refractivity contribution is -0.151. The Morgan fingerprint density at radius 1 is 1.10 bits per heavy atom. The lowest BCUT2D eigenvalue weighted by atomic mass is 10.1. The van der Waals surface area contributed by atoms with Gasteiger partial charge in [-0.25, -0.2) is 0 Å². The normalized spacial score (nSPS) is 13.0. The number of carbonyl (C=O) groups is 2. The molecule has 7 heteroatoms. The van der Waals surface area contributed by atoms with Crippen LogP contribution in [0.5, 0.6) is 11.5 Å². The van der Waals surface area contributed by atoms with Crippen LogP contribution < -0.4 is 9.47 Å². The predicted octanol–water partition coefficient (Wildman–Crippen LogP) is 2.24. The maximum atomic E-state index is 11.7. The van der Waals surface area contributed by atoms with Gasteiger partial charge in [0, 0.05) is 6.92 Å². The number of halogens is 1. The zero-order chi connectivity index (χ0) is 16.0. The lowest BCUT2D eigenvalue weighted by Gasteiger charge is -2.22. The van der Waals surface area contributed by atoms with E-state index in [0.717, 1.165) is 0 Å². The molecule has 6 nitrogen and oxygen atoms in total. The number of esters is 2. The number of benzene rings is 1. The molecular weight excluding hydrogens is 344 g/mol. The summed E-state index contributed by atoms with van der Waals surface area (Å²) in [6.07, 6.45) is -0.838. The molecule has 1 aromatic carbocycles. The Morgan fingerprint density at radius 2 is 1.71 bits per heavy atom. The van der Waals surface area contributed by atoms with Crippen LogP contribution in [0.25, 0.3) is 0 Å². The third-order valence-electron chi connectivity index (χ3n) is 2.72. The summed E-state index contributed by atoms with van der Waals surface area (Å²) in [5.74, 6) is -0.0529. The molecule has 0 aliphatic carbocycles. The first-order valence-corrected chi connectivity index (χ1v) is 6.97. The van der Waals surface area contributed by atoms with Crippen LogP contribution in [0.3, 0.4) is 0 Å². The zero-order valence-corrected chi connectivity index (χ0v) is 13.8. The number of ether oxygens (including phenoxy) is 4. The average molecular weight is 361 g/mol. The van der Waals surface area contributed by atoms with Crippen molar-refractivity contribution in [2.24, 2.45) is 0 Å². The van der Waals surface area contributed by atoms with Gasteiger partial charge < -0.3 is 18.9 Å². The third-order valence-corrected chi connectivity index (χ3v) is 3.58. The van der Waals surface area contributed by atoms with Crippen molar-refractivity contribution >= 4 is 27.9 Å². The lowest BCUT2D eigenvalue weighted by Crippen LogP contribution is -2.27. The highest BCUT2D eigenvalue weighted by atomic mass is 79.9. The van der Waals surface area contributed by atoms with Gasteiger partial charge in [0.25, 0.3) is 0 Å². The van der Waals surface area contributed by atoms with E-state index in [0.29, 0.717) is 17.1 Å². The van der Waals surface area contributed by atoms with Gasteiger partial charge in [0.15, 0.2) is 22.4 Å². The number of methoxy groups -OCH3 is 3. The molecule has 0 spiro atoms. The second-order valence-corrected chi connectivity index (χ2v) is 5.06. The van der Waals surface area contributed by atoms with Crippen molar-refractivity contribution in [1.82, 2.24) is 0 Å². The third kappa shape index (κ3) is 4.35. The highest BCUT2D eigenvalue weighted by Gasteiger charge is 2.31. The topological polar surface area (TPSA) is 71.1 Å². The van der Waals surface area contributed by atoms with E-state index < -0.39 is 22.9 Å². The molecule has 0 aromatic heterocycles. The molecule has 0 amide bonds. The maximum absolute atomic E-state index is 11.7. The van der Waals surface area contributed by atoms with E-state index in [-0.39, 0.29) is 0 Å². The zero-order valence-electron chi connectivity index (χ0n) is 12.2. The smallest absolute Gasteiger partial charge is 0.323 e.